The standard InChI is InChI=1S/C25H28N4O6S2/c1-3-35-24(31)18-9-11-29(12-10-18)37(32,33)20-6-4-5-19(14-20)21-16-36-25(27-21)28-26-15-17-7-8-22(30)23(13-17)34-2/h4-8,13-16,18,30H,3,9-12H2,1-2H3,(H,27,28)/b26-15+. The second-order valence-electron chi connectivity index (χ2n) is 8.30. The van der Waals surface area contributed by atoms with E-state index in [1.54, 1.807) is 49.5 Å². The van der Waals surface area contributed by atoms with Gasteiger partial charge in [-0.1, -0.05) is 12.1 Å². The highest BCUT2D eigenvalue weighted by atomic mass is 32.2. The topological polar surface area (TPSA) is 130 Å². The molecule has 3 aromatic rings. The lowest BCUT2D eigenvalue weighted by atomic mass is 9.98. The number of ether oxygens (including phenoxy) is 2. The highest BCUT2D eigenvalue weighted by Gasteiger charge is 2.32. The Labute approximate surface area is 219 Å². The fourth-order valence-electron chi connectivity index (χ4n) is 3.95. The van der Waals surface area contributed by atoms with Gasteiger partial charge in [-0.3, -0.25) is 10.2 Å². The number of nitrogens with one attached hydrogen (secondary N) is 1. The summed E-state index contributed by atoms with van der Waals surface area (Å²) in [4.78, 5) is 16.7. The third-order valence-electron chi connectivity index (χ3n) is 5.92. The first kappa shape index (κ1) is 26.6. The Balaban J connectivity index is 1.42. The van der Waals surface area contributed by atoms with Gasteiger partial charge in [0, 0.05) is 24.0 Å². The molecule has 1 saturated heterocycles. The van der Waals surface area contributed by atoms with Crippen LogP contribution in [0.15, 0.2) is 57.8 Å². The molecule has 1 fully saturated rings. The predicted octanol–water partition coefficient (Wildman–Crippen LogP) is 3.93. The third kappa shape index (κ3) is 6.27. The molecule has 0 bridgehead atoms. The van der Waals surface area contributed by atoms with Crippen LogP contribution in [0.5, 0.6) is 11.5 Å². The van der Waals surface area contributed by atoms with Gasteiger partial charge in [-0.05, 0) is 55.7 Å². The van der Waals surface area contributed by atoms with E-state index in [-0.39, 0.29) is 35.6 Å². The Bertz CT molecular complexity index is 1380. The van der Waals surface area contributed by atoms with Crippen LogP contribution in [0, 0.1) is 5.92 Å². The van der Waals surface area contributed by atoms with Gasteiger partial charge >= 0.3 is 5.97 Å². The third-order valence-corrected chi connectivity index (χ3v) is 8.56. The van der Waals surface area contributed by atoms with Crippen LogP contribution in [0.25, 0.3) is 11.3 Å². The summed E-state index contributed by atoms with van der Waals surface area (Å²) in [5, 5.41) is 16.2. The number of hydrogen-bond acceptors (Lipinski definition) is 10. The largest absolute Gasteiger partial charge is 0.504 e. The maximum Gasteiger partial charge on any atom is 0.309 e. The van der Waals surface area contributed by atoms with Crippen molar-refractivity contribution in [3.05, 3.63) is 53.4 Å². The number of thiazole rings is 1. The Morgan fingerprint density at radius 2 is 2.05 bits per heavy atom. The van der Waals surface area contributed by atoms with Crippen LogP contribution in [0.1, 0.15) is 25.3 Å². The van der Waals surface area contributed by atoms with Gasteiger partial charge in [-0.2, -0.15) is 9.41 Å². The average molecular weight is 545 g/mol. The van der Waals surface area contributed by atoms with Gasteiger partial charge < -0.3 is 14.6 Å². The van der Waals surface area contributed by atoms with Crippen molar-refractivity contribution in [1.29, 1.82) is 0 Å². The predicted molar refractivity (Wildman–Crippen MR) is 142 cm³/mol. The number of carbonyl (C=O) groups is 1. The van der Waals surface area contributed by atoms with Crippen molar-refractivity contribution >= 4 is 38.7 Å². The number of phenols is 1. The Morgan fingerprint density at radius 1 is 1.27 bits per heavy atom. The fourth-order valence-corrected chi connectivity index (χ4v) is 6.14. The SMILES string of the molecule is CCOC(=O)C1CCN(S(=O)(=O)c2cccc(-c3csc(N/N=C/c4ccc(O)c(OC)c4)n3)c2)CC1. The van der Waals surface area contributed by atoms with Gasteiger partial charge in [-0.25, -0.2) is 13.4 Å². The zero-order valence-corrected chi connectivity index (χ0v) is 22.1. The number of aromatic nitrogens is 1. The summed E-state index contributed by atoms with van der Waals surface area (Å²) >= 11 is 1.33. The molecule has 1 aromatic heterocycles. The Hall–Kier alpha value is -3.48. The lowest BCUT2D eigenvalue weighted by Gasteiger charge is -2.30. The lowest BCUT2D eigenvalue weighted by Crippen LogP contribution is -2.40. The van der Waals surface area contributed by atoms with Crippen LogP contribution < -0.4 is 10.2 Å². The molecule has 37 heavy (non-hydrogen) atoms. The number of carbonyl (C=O) groups excluding carboxylic acids is 1. The molecule has 196 valence electrons. The molecule has 0 spiro atoms. The number of aromatic hydroxyl groups is 1. The smallest absolute Gasteiger partial charge is 0.309 e. The van der Waals surface area contributed by atoms with E-state index in [0.717, 1.165) is 5.56 Å². The molecule has 1 aliphatic heterocycles. The minimum Gasteiger partial charge on any atom is -0.504 e. The lowest BCUT2D eigenvalue weighted by molar-refractivity contribution is -0.149. The maximum atomic E-state index is 13.3. The number of esters is 1. The number of methoxy groups -OCH3 is 1. The van der Waals surface area contributed by atoms with E-state index in [1.165, 1.54) is 28.8 Å². The van der Waals surface area contributed by atoms with Crippen LogP contribution in [0.3, 0.4) is 0 Å². The molecule has 12 heteroatoms. The average Bonchev–Trinajstić information content (AvgIpc) is 3.39. The first-order valence-electron chi connectivity index (χ1n) is 11.7. The molecule has 2 N–H and O–H groups in total. The summed E-state index contributed by atoms with van der Waals surface area (Å²) in [7, 11) is -2.24. The fraction of sp³-hybridized carbons (Fsp3) is 0.320. The van der Waals surface area contributed by atoms with E-state index in [1.807, 2.05) is 5.38 Å². The van der Waals surface area contributed by atoms with Crippen LogP contribution >= 0.6 is 11.3 Å². The highest BCUT2D eigenvalue weighted by Crippen LogP contribution is 2.30. The zero-order chi connectivity index (χ0) is 26.4. The molecule has 2 heterocycles. The summed E-state index contributed by atoms with van der Waals surface area (Å²) in [6.45, 7) is 2.62. The van der Waals surface area contributed by atoms with Gasteiger partial charge in [0.1, 0.15) is 0 Å². The molecule has 0 radical (unpaired) electrons. The van der Waals surface area contributed by atoms with Crippen molar-refractivity contribution < 1.29 is 27.8 Å². The Morgan fingerprint density at radius 3 is 2.78 bits per heavy atom. The highest BCUT2D eigenvalue weighted by molar-refractivity contribution is 7.89. The molecule has 0 atom stereocenters. The monoisotopic (exact) mass is 544 g/mol. The van der Waals surface area contributed by atoms with Crippen molar-refractivity contribution in [2.24, 2.45) is 11.0 Å². The molecular formula is C25H28N4O6S2. The van der Waals surface area contributed by atoms with Crippen LogP contribution in [-0.2, 0) is 19.6 Å². The molecule has 0 amide bonds. The molecule has 0 saturated carbocycles. The number of benzene rings is 2. The second kappa shape index (κ2) is 11.7. The van der Waals surface area contributed by atoms with Crippen molar-refractivity contribution in [2.75, 3.05) is 32.2 Å². The maximum absolute atomic E-state index is 13.3. The molecule has 1 aliphatic rings. The van der Waals surface area contributed by atoms with Gasteiger partial charge in [0.05, 0.1) is 36.4 Å². The zero-order valence-electron chi connectivity index (χ0n) is 20.5. The summed E-state index contributed by atoms with van der Waals surface area (Å²) in [6.07, 6.45) is 2.45. The summed E-state index contributed by atoms with van der Waals surface area (Å²) in [5.41, 5.74) is 4.87. The van der Waals surface area contributed by atoms with Gasteiger partial charge in [-0.15, -0.1) is 11.3 Å². The van der Waals surface area contributed by atoms with E-state index in [9.17, 15) is 18.3 Å². The first-order chi connectivity index (χ1) is 17.8. The molecule has 4 rings (SSSR count). The van der Waals surface area contributed by atoms with Crippen molar-refractivity contribution in [1.82, 2.24) is 9.29 Å². The van der Waals surface area contributed by atoms with Crippen molar-refractivity contribution in [2.45, 2.75) is 24.7 Å². The summed E-state index contributed by atoms with van der Waals surface area (Å²) in [6, 6.07) is 11.5. The number of piperidine rings is 1. The Kier molecular flexibility index (Phi) is 8.41. The summed E-state index contributed by atoms with van der Waals surface area (Å²) < 4.78 is 38.1. The van der Waals surface area contributed by atoms with Gasteiger partial charge in [0.15, 0.2) is 11.5 Å². The van der Waals surface area contributed by atoms with E-state index in [0.29, 0.717) is 41.6 Å². The minimum atomic E-state index is -3.71. The van der Waals surface area contributed by atoms with Crippen LogP contribution in [0.2, 0.25) is 0 Å². The van der Waals surface area contributed by atoms with Crippen molar-refractivity contribution in [3.63, 3.8) is 0 Å². The molecule has 0 aliphatic carbocycles. The molecule has 10 nitrogen and oxygen atoms in total. The van der Waals surface area contributed by atoms with E-state index >= 15 is 0 Å². The quantitative estimate of drug-likeness (QED) is 0.235. The summed E-state index contributed by atoms with van der Waals surface area (Å²) in [5.74, 6) is -0.139. The number of hydrogen-bond donors (Lipinski definition) is 2. The first-order valence-corrected chi connectivity index (χ1v) is 14.0. The normalized spacial score (nSPS) is 15.1. The van der Waals surface area contributed by atoms with Crippen molar-refractivity contribution in [3.8, 4) is 22.8 Å². The molecule has 0 unspecified atom stereocenters. The number of anilines is 1. The number of rotatable bonds is 9. The van der Waals surface area contributed by atoms with Gasteiger partial charge in [0.2, 0.25) is 15.2 Å². The number of phenolic OH excluding ortho intramolecular Hbond substituents is 1. The minimum absolute atomic E-state index is 0.0441. The van der Waals surface area contributed by atoms with Crippen LogP contribution in [-0.4, -0.2) is 61.8 Å². The van der Waals surface area contributed by atoms with E-state index < -0.39 is 10.0 Å². The number of nitrogens with zero attached hydrogens (tertiary/aromatic N) is 3. The second-order valence-corrected chi connectivity index (χ2v) is 11.1. The number of hydrazone groups is 1. The van der Waals surface area contributed by atoms with E-state index in [4.69, 9.17) is 9.47 Å². The molecule has 2 aromatic carbocycles. The van der Waals surface area contributed by atoms with Gasteiger partial charge in [0.25, 0.3) is 0 Å². The number of sulfonamides is 1. The van der Waals surface area contributed by atoms with Crippen LogP contribution in [0.4, 0.5) is 5.13 Å². The molecular weight excluding hydrogens is 516 g/mol. The van der Waals surface area contributed by atoms with E-state index in [2.05, 4.69) is 15.5 Å².